The van der Waals surface area contributed by atoms with E-state index in [4.69, 9.17) is 5.11 Å². The Bertz CT molecular complexity index is 844. The lowest BCUT2D eigenvalue weighted by Gasteiger charge is -2.30. The smallest absolute Gasteiger partial charge is 0.306 e. The number of carbonyl (C=O) groups is 4. The van der Waals surface area contributed by atoms with Crippen LogP contribution in [0.2, 0.25) is 0 Å². The molecule has 1 unspecified atom stereocenters. The number of aliphatic carboxylic acids is 1. The van der Waals surface area contributed by atoms with Crippen LogP contribution in [0.4, 0.5) is 5.69 Å². The number of carboxylic acid groups (broad SMARTS) is 1. The van der Waals surface area contributed by atoms with Crippen LogP contribution in [0.3, 0.4) is 0 Å². The molecule has 1 atom stereocenters. The third-order valence-electron chi connectivity index (χ3n) is 6.02. The average Bonchev–Trinajstić information content (AvgIpc) is 3.00. The first-order valence-electron chi connectivity index (χ1n) is 9.70. The van der Waals surface area contributed by atoms with Crippen molar-refractivity contribution in [3.8, 4) is 0 Å². The Morgan fingerprint density at radius 2 is 1.86 bits per heavy atom. The molecular formula is C20H23N3O5. The summed E-state index contributed by atoms with van der Waals surface area (Å²) in [6, 6.07) is 5.04. The minimum absolute atomic E-state index is 0.168. The molecule has 28 heavy (non-hydrogen) atoms. The number of amides is 3. The summed E-state index contributed by atoms with van der Waals surface area (Å²) in [4.78, 5) is 49.1. The fourth-order valence-electron chi connectivity index (χ4n) is 4.43. The molecule has 0 radical (unpaired) electrons. The van der Waals surface area contributed by atoms with Crippen LogP contribution in [0.1, 0.15) is 54.4 Å². The molecule has 8 heteroatoms. The number of piperidine rings is 1. The number of imide groups is 1. The van der Waals surface area contributed by atoms with Crippen molar-refractivity contribution >= 4 is 29.4 Å². The van der Waals surface area contributed by atoms with E-state index >= 15 is 0 Å². The Morgan fingerprint density at radius 1 is 1.11 bits per heavy atom. The minimum atomic E-state index is -0.732. The molecule has 0 bridgehead atoms. The first kappa shape index (κ1) is 18.5. The molecule has 2 heterocycles. The summed E-state index contributed by atoms with van der Waals surface area (Å²) in [6.07, 6.45) is 3.39. The van der Waals surface area contributed by atoms with Gasteiger partial charge < -0.3 is 15.3 Å². The molecule has 4 rings (SSSR count). The molecule has 1 aromatic rings. The number of benzene rings is 1. The van der Waals surface area contributed by atoms with Gasteiger partial charge in [0.2, 0.25) is 11.8 Å². The fraction of sp³-hybridized carbons (Fsp3) is 0.500. The second kappa shape index (κ2) is 7.26. The summed E-state index contributed by atoms with van der Waals surface area (Å²) in [5, 5.41) is 14.9. The van der Waals surface area contributed by atoms with Crippen molar-refractivity contribution in [1.29, 1.82) is 0 Å². The van der Waals surface area contributed by atoms with E-state index in [1.54, 1.807) is 11.0 Å². The van der Waals surface area contributed by atoms with E-state index in [2.05, 4.69) is 10.6 Å². The Hall–Kier alpha value is -2.90. The largest absolute Gasteiger partial charge is 0.481 e. The molecule has 0 spiro atoms. The van der Waals surface area contributed by atoms with Gasteiger partial charge in [-0.2, -0.15) is 0 Å². The summed E-state index contributed by atoms with van der Waals surface area (Å²) in [5.41, 5.74) is 2.30. The normalized spacial score (nSPS) is 27.4. The summed E-state index contributed by atoms with van der Waals surface area (Å²) in [5.74, 6) is -1.92. The molecule has 148 valence electrons. The summed E-state index contributed by atoms with van der Waals surface area (Å²) < 4.78 is 0. The van der Waals surface area contributed by atoms with Crippen LogP contribution < -0.4 is 10.6 Å². The van der Waals surface area contributed by atoms with Gasteiger partial charge in [-0.3, -0.25) is 24.5 Å². The van der Waals surface area contributed by atoms with Crippen LogP contribution in [0.5, 0.6) is 0 Å². The number of carbonyl (C=O) groups excluding carboxylic acids is 3. The second-order valence-electron chi connectivity index (χ2n) is 7.76. The maximum absolute atomic E-state index is 12.9. The van der Waals surface area contributed by atoms with Crippen LogP contribution in [0.15, 0.2) is 18.2 Å². The second-order valence-corrected chi connectivity index (χ2v) is 7.76. The van der Waals surface area contributed by atoms with Crippen LogP contribution in [-0.4, -0.2) is 45.8 Å². The molecule has 1 saturated carbocycles. The molecule has 2 fully saturated rings. The van der Waals surface area contributed by atoms with Gasteiger partial charge in [0.05, 0.1) is 5.92 Å². The van der Waals surface area contributed by atoms with Crippen molar-refractivity contribution in [2.24, 2.45) is 5.92 Å². The van der Waals surface area contributed by atoms with E-state index in [1.165, 1.54) is 0 Å². The number of carboxylic acids is 1. The molecule has 2 aliphatic heterocycles. The zero-order valence-electron chi connectivity index (χ0n) is 15.4. The molecule has 1 saturated heterocycles. The van der Waals surface area contributed by atoms with Crippen LogP contribution in [-0.2, 0) is 20.9 Å². The van der Waals surface area contributed by atoms with Gasteiger partial charge in [0.15, 0.2) is 0 Å². The maximum Gasteiger partial charge on any atom is 0.306 e. The minimum Gasteiger partial charge on any atom is -0.481 e. The van der Waals surface area contributed by atoms with Crippen LogP contribution in [0.25, 0.3) is 0 Å². The van der Waals surface area contributed by atoms with Gasteiger partial charge in [-0.15, -0.1) is 0 Å². The number of nitrogens with zero attached hydrogens (tertiary/aromatic N) is 1. The molecule has 1 aromatic carbocycles. The van der Waals surface area contributed by atoms with E-state index in [0.29, 0.717) is 31.4 Å². The summed E-state index contributed by atoms with van der Waals surface area (Å²) in [7, 11) is 0. The summed E-state index contributed by atoms with van der Waals surface area (Å²) in [6.45, 7) is 0.327. The molecule has 3 amide bonds. The number of nitrogens with one attached hydrogen (secondary N) is 2. The molecule has 8 nitrogen and oxygen atoms in total. The molecule has 1 aliphatic carbocycles. The van der Waals surface area contributed by atoms with Crippen molar-refractivity contribution < 1.29 is 24.3 Å². The Labute approximate surface area is 162 Å². The van der Waals surface area contributed by atoms with Crippen molar-refractivity contribution in [3.05, 3.63) is 29.3 Å². The molecule has 0 aromatic heterocycles. The average molecular weight is 385 g/mol. The SMILES string of the molecule is O=C1CCC(N2Cc3c(N[C@H]4CC[C@H](C(=O)O)CC4)cccc3C2=O)C(=O)N1. The monoisotopic (exact) mass is 385 g/mol. The lowest BCUT2D eigenvalue weighted by molar-refractivity contribution is -0.143. The Kier molecular flexibility index (Phi) is 4.78. The van der Waals surface area contributed by atoms with Gasteiger partial charge in [-0.25, -0.2) is 0 Å². The van der Waals surface area contributed by atoms with Gasteiger partial charge in [0.1, 0.15) is 6.04 Å². The quantitative estimate of drug-likeness (QED) is 0.677. The Balaban J connectivity index is 1.48. The highest BCUT2D eigenvalue weighted by Crippen LogP contribution is 2.34. The van der Waals surface area contributed by atoms with Crippen molar-refractivity contribution in [1.82, 2.24) is 10.2 Å². The zero-order chi connectivity index (χ0) is 19.8. The van der Waals surface area contributed by atoms with E-state index in [-0.39, 0.29) is 30.2 Å². The Morgan fingerprint density at radius 3 is 2.54 bits per heavy atom. The molecule has 3 N–H and O–H groups in total. The highest BCUT2D eigenvalue weighted by Gasteiger charge is 2.40. The van der Waals surface area contributed by atoms with Crippen LogP contribution in [0, 0.1) is 5.92 Å². The first-order chi connectivity index (χ1) is 13.4. The lowest BCUT2D eigenvalue weighted by Crippen LogP contribution is -2.52. The number of fused-ring (bicyclic) bond motifs is 1. The lowest BCUT2D eigenvalue weighted by atomic mass is 9.86. The number of anilines is 1. The third-order valence-corrected chi connectivity index (χ3v) is 6.02. The number of rotatable bonds is 4. The predicted molar refractivity (Wildman–Crippen MR) is 99.5 cm³/mol. The van der Waals surface area contributed by atoms with E-state index in [1.807, 2.05) is 12.1 Å². The number of hydrogen-bond donors (Lipinski definition) is 3. The van der Waals surface area contributed by atoms with Gasteiger partial charge in [-0.1, -0.05) is 6.07 Å². The number of hydrogen-bond acceptors (Lipinski definition) is 5. The highest BCUT2D eigenvalue weighted by atomic mass is 16.4. The van der Waals surface area contributed by atoms with Crippen molar-refractivity contribution in [3.63, 3.8) is 0 Å². The topological polar surface area (TPSA) is 116 Å². The molecule has 3 aliphatic rings. The van der Waals surface area contributed by atoms with Gasteiger partial charge in [0, 0.05) is 35.8 Å². The van der Waals surface area contributed by atoms with E-state index in [0.717, 1.165) is 24.1 Å². The van der Waals surface area contributed by atoms with Crippen molar-refractivity contribution in [2.75, 3.05) is 5.32 Å². The van der Waals surface area contributed by atoms with Crippen molar-refractivity contribution in [2.45, 2.75) is 57.2 Å². The fourth-order valence-corrected chi connectivity index (χ4v) is 4.43. The van der Waals surface area contributed by atoms with E-state index < -0.39 is 17.9 Å². The van der Waals surface area contributed by atoms with Gasteiger partial charge in [0.25, 0.3) is 5.91 Å². The van der Waals surface area contributed by atoms with Crippen LogP contribution >= 0.6 is 0 Å². The van der Waals surface area contributed by atoms with Gasteiger partial charge in [-0.05, 0) is 44.2 Å². The predicted octanol–water partition coefficient (Wildman–Crippen LogP) is 1.50. The maximum atomic E-state index is 12.9. The first-order valence-corrected chi connectivity index (χ1v) is 9.70. The zero-order valence-corrected chi connectivity index (χ0v) is 15.4. The van der Waals surface area contributed by atoms with Gasteiger partial charge >= 0.3 is 5.97 Å². The third kappa shape index (κ3) is 3.34. The highest BCUT2D eigenvalue weighted by molar-refractivity contribution is 6.06. The molecular weight excluding hydrogens is 362 g/mol. The standard InChI is InChI=1S/C20H23N3O5/c24-17-9-8-16(18(25)22-17)23-10-14-13(19(23)26)2-1-3-15(14)21-12-6-4-11(5-7-12)20(27)28/h1-3,11-12,16,21H,4-10H2,(H,27,28)(H,22,24,25)/t11-,12-,16?. The van der Waals surface area contributed by atoms with E-state index in [9.17, 15) is 19.2 Å². The summed E-state index contributed by atoms with van der Waals surface area (Å²) >= 11 is 0.